The number of fused-ring (bicyclic) bond motifs is 12. The van der Waals surface area contributed by atoms with E-state index >= 15 is 0 Å². The Morgan fingerprint density at radius 3 is 2.02 bits per heavy atom. The fourth-order valence-corrected chi connectivity index (χ4v) is 7.74. The van der Waals surface area contributed by atoms with Gasteiger partial charge in [-0.2, -0.15) is 23.4 Å². The Morgan fingerprint density at radius 2 is 1.40 bits per heavy atom. The van der Waals surface area contributed by atoms with E-state index in [1.165, 1.54) is 21.9 Å². The molecule has 244 valence electrons. The van der Waals surface area contributed by atoms with Gasteiger partial charge in [0.1, 0.15) is 5.69 Å². The number of hydrogen-bond acceptors (Lipinski definition) is 2. The second-order valence-corrected chi connectivity index (χ2v) is 14.9. The number of aryl methyl sites for hydroxylation is 1. The lowest BCUT2D eigenvalue weighted by atomic mass is 9.84. The van der Waals surface area contributed by atoms with Crippen LogP contribution in [0.4, 0.5) is 13.2 Å². The summed E-state index contributed by atoms with van der Waals surface area (Å²) in [4.78, 5) is 0. The van der Waals surface area contributed by atoms with E-state index in [0.29, 0.717) is 11.4 Å². The maximum atomic E-state index is 14.5. The summed E-state index contributed by atoms with van der Waals surface area (Å²) in [5.74, 6) is -0.938. The monoisotopic (exact) mass is 648 g/mol. The van der Waals surface area contributed by atoms with Crippen LogP contribution < -0.4 is 9.13 Å². The molecule has 1 spiro atoms. The molecule has 6 nitrogen and oxygen atoms in total. The smallest absolute Gasteiger partial charge is 0.164 e. The minimum atomic E-state index is -4.63. The van der Waals surface area contributed by atoms with Crippen LogP contribution in [0.2, 0.25) is 0 Å². The number of benzene rings is 2. The van der Waals surface area contributed by atoms with Crippen molar-refractivity contribution in [3.63, 3.8) is 0 Å². The molecule has 6 heterocycles. The Kier molecular flexibility index (Phi) is 6.28. The summed E-state index contributed by atoms with van der Waals surface area (Å²) in [6, 6.07) is 22.0. The summed E-state index contributed by atoms with van der Waals surface area (Å²) in [5, 5.41) is 11.2. The molecule has 0 fully saturated rings. The molecule has 0 N–H and O–H groups in total. The van der Waals surface area contributed by atoms with Crippen LogP contribution in [-0.2, 0) is 17.5 Å². The van der Waals surface area contributed by atoms with E-state index in [1.807, 2.05) is 46.6 Å². The SMILES string of the molecule is Cc1cc2n(n1)C1(n3nc(C(F)(F)F)cc3-c3c4ccccc4c(-c4c(C(C)C)cccc4C(C)C)c[n+]31)[n+]1ccc(C(C)(C)C)cc1-2. The van der Waals surface area contributed by atoms with Gasteiger partial charge >= 0.3 is 12.1 Å². The van der Waals surface area contributed by atoms with Crippen molar-refractivity contribution in [2.75, 3.05) is 0 Å². The first-order valence-electron chi connectivity index (χ1n) is 16.6. The Hall–Kier alpha value is -4.79. The minimum Gasteiger partial charge on any atom is -0.164 e. The molecular weight excluding hydrogens is 609 g/mol. The van der Waals surface area contributed by atoms with Gasteiger partial charge in [0, 0.05) is 23.6 Å². The third-order valence-corrected chi connectivity index (χ3v) is 9.99. The lowest BCUT2D eigenvalue weighted by Crippen LogP contribution is -2.77. The van der Waals surface area contributed by atoms with Crippen LogP contribution in [-0.4, -0.2) is 19.6 Å². The largest absolute Gasteiger partial charge is 0.583 e. The summed E-state index contributed by atoms with van der Waals surface area (Å²) in [5.41, 5.74) is 8.14. The zero-order chi connectivity index (χ0) is 34.1. The van der Waals surface area contributed by atoms with Crippen molar-refractivity contribution in [3.05, 3.63) is 107 Å². The predicted molar refractivity (Wildman–Crippen MR) is 179 cm³/mol. The zero-order valence-corrected chi connectivity index (χ0v) is 28.5. The second kappa shape index (κ2) is 9.87. The van der Waals surface area contributed by atoms with Gasteiger partial charge in [-0.25, -0.2) is 0 Å². The zero-order valence-electron chi connectivity index (χ0n) is 28.5. The van der Waals surface area contributed by atoms with Gasteiger partial charge in [0.25, 0.3) is 0 Å². The van der Waals surface area contributed by atoms with E-state index in [1.54, 1.807) is 0 Å². The third-order valence-electron chi connectivity index (χ3n) is 9.99. The molecule has 0 saturated heterocycles. The number of nitrogens with zero attached hydrogens (tertiary/aromatic N) is 6. The molecule has 8 rings (SSSR count). The first-order valence-corrected chi connectivity index (χ1v) is 16.6. The highest BCUT2D eigenvalue weighted by Gasteiger charge is 2.71. The van der Waals surface area contributed by atoms with E-state index in [-0.39, 0.29) is 17.3 Å². The van der Waals surface area contributed by atoms with Gasteiger partial charge in [0.2, 0.25) is 11.4 Å². The van der Waals surface area contributed by atoms with Crippen LogP contribution in [0.5, 0.6) is 0 Å². The van der Waals surface area contributed by atoms with Crippen molar-refractivity contribution >= 4 is 10.8 Å². The Labute approximate surface area is 278 Å². The molecule has 1 atom stereocenters. The van der Waals surface area contributed by atoms with Crippen molar-refractivity contribution < 1.29 is 22.3 Å². The molecule has 1 unspecified atom stereocenters. The van der Waals surface area contributed by atoms with Gasteiger partial charge < -0.3 is 0 Å². The van der Waals surface area contributed by atoms with Gasteiger partial charge in [0.05, 0.1) is 16.6 Å². The quantitative estimate of drug-likeness (QED) is 0.180. The first-order chi connectivity index (χ1) is 22.6. The summed E-state index contributed by atoms with van der Waals surface area (Å²) < 4.78 is 51.0. The predicted octanol–water partition coefficient (Wildman–Crippen LogP) is 8.52. The standard InChI is InChI=1S/C39H39F3N6/c1-22(2)26-14-11-15-27(23(3)4)35(26)30-21-46-36(29-13-10-9-12-28(29)30)33-20-34(38(40,41)42)44-48(33)39(46)45-17-16-25(37(6,7)8)19-31(45)32-18-24(5)43-47(32)39/h9-23H,1-8H3/q+2. The van der Waals surface area contributed by atoms with E-state index in [4.69, 9.17) is 5.10 Å². The summed E-state index contributed by atoms with van der Waals surface area (Å²) >= 11 is 0. The van der Waals surface area contributed by atoms with Gasteiger partial charge in [-0.05, 0) is 58.6 Å². The van der Waals surface area contributed by atoms with Crippen molar-refractivity contribution in [3.8, 4) is 33.9 Å². The highest BCUT2D eigenvalue weighted by atomic mass is 19.4. The van der Waals surface area contributed by atoms with E-state index in [2.05, 4.69) is 101 Å². The normalized spacial score (nSPS) is 16.7. The van der Waals surface area contributed by atoms with Crippen molar-refractivity contribution in [1.29, 1.82) is 0 Å². The number of pyridine rings is 2. The van der Waals surface area contributed by atoms with Crippen LogP contribution in [0.1, 0.15) is 88.4 Å². The molecular formula is C39H39F3N6+2. The number of rotatable bonds is 3. The number of aromatic nitrogens is 6. The highest BCUT2D eigenvalue weighted by molar-refractivity contribution is 6.03. The molecule has 2 aromatic carbocycles. The minimum absolute atomic E-state index is 0.149. The van der Waals surface area contributed by atoms with Gasteiger partial charge in [-0.1, -0.05) is 94.0 Å². The maximum Gasteiger partial charge on any atom is 0.583 e. The Bertz CT molecular complexity index is 2270. The van der Waals surface area contributed by atoms with Crippen LogP contribution in [0.25, 0.3) is 44.7 Å². The fourth-order valence-electron chi connectivity index (χ4n) is 7.74. The topological polar surface area (TPSA) is 43.4 Å². The number of alkyl halides is 3. The molecule has 2 aliphatic heterocycles. The number of halogens is 3. The lowest BCUT2D eigenvalue weighted by molar-refractivity contribution is -0.990. The molecule has 2 aliphatic rings. The summed E-state index contributed by atoms with van der Waals surface area (Å²) in [6.07, 6.45) is -0.517. The molecule has 0 amide bonds. The van der Waals surface area contributed by atoms with E-state index < -0.39 is 17.8 Å². The Morgan fingerprint density at radius 1 is 0.750 bits per heavy atom. The van der Waals surface area contributed by atoms with Crippen LogP contribution in [0, 0.1) is 6.92 Å². The molecule has 6 aromatic rings. The maximum absolute atomic E-state index is 14.5. The van der Waals surface area contributed by atoms with Crippen molar-refractivity contribution in [2.24, 2.45) is 0 Å². The summed E-state index contributed by atoms with van der Waals surface area (Å²) in [6.45, 7) is 17.2. The molecule has 48 heavy (non-hydrogen) atoms. The molecule has 0 aliphatic carbocycles. The Balaban J connectivity index is 1.58. The molecule has 0 radical (unpaired) electrons. The van der Waals surface area contributed by atoms with Crippen LogP contribution in [0.15, 0.2) is 79.1 Å². The molecule has 0 bridgehead atoms. The van der Waals surface area contributed by atoms with E-state index in [9.17, 15) is 13.2 Å². The molecule has 0 saturated carbocycles. The number of hydrogen-bond donors (Lipinski definition) is 0. The average Bonchev–Trinajstić information content (AvgIpc) is 3.75. The summed E-state index contributed by atoms with van der Waals surface area (Å²) in [7, 11) is 0. The van der Waals surface area contributed by atoms with Crippen molar-refractivity contribution in [2.45, 2.75) is 84.7 Å². The third kappa shape index (κ3) is 3.99. The van der Waals surface area contributed by atoms with Gasteiger partial charge in [0.15, 0.2) is 23.8 Å². The van der Waals surface area contributed by atoms with Gasteiger partial charge in [-0.15, -0.1) is 9.36 Å². The van der Waals surface area contributed by atoms with Crippen LogP contribution >= 0.6 is 0 Å². The first kappa shape index (κ1) is 30.5. The second-order valence-electron chi connectivity index (χ2n) is 14.9. The average molecular weight is 649 g/mol. The van der Waals surface area contributed by atoms with E-state index in [0.717, 1.165) is 44.5 Å². The lowest BCUT2D eigenvalue weighted by Gasteiger charge is -2.22. The molecule has 9 heteroatoms. The highest BCUT2D eigenvalue weighted by Crippen LogP contribution is 2.46. The van der Waals surface area contributed by atoms with Crippen molar-refractivity contribution in [1.82, 2.24) is 19.6 Å². The fraction of sp³-hybridized carbons (Fsp3) is 0.333. The van der Waals surface area contributed by atoms with Crippen LogP contribution in [0.3, 0.4) is 0 Å². The molecule has 4 aromatic heterocycles. The van der Waals surface area contributed by atoms with Gasteiger partial charge in [-0.3, -0.25) is 0 Å².